The summed E-state index contributed by atoms with van der Waals surface area (Å²) in [4.78, 5) is 0. The minimum atomic E-state index is 0.921. The van der Waals surface area contributed by atoms with Crippen molar-refractivity contribution in [2.24, 2.45) is 5.92 Å². The van der Waals surface area contributed by atoms with Gasteiger partial charge in [0.25, 0.3) is 0 Å². The Labute approximate surface area is 96.7 Å². The number of rotatable bonds is 5. The second-order valence-electron chi connectivity index (χ2n) is 4.21. The number of nitrogens with one attached hydrogen (secondary N) is 1. The fourth-order valence-corrected chi connectivity index (χ4v) is 2.80. The Bertz CT molecular complexity index is 290. The van der Waals surface area contributed by atoms with Gasteiger partial charge >= 0.3 is 0 Å². The number of aryl methyl sites for hydroxylation is 1. The average Bonchev–Trinajstić information content (AvgIpc) is 2.23. The van der Waals surface area contributed by atoms with Crippen LogP contribution in [0.25, 0.3) is 0 Å². The Morgan fingerprint density at radius 2 is 1.87 bits per heavy atom. The lowest BCUT2D eigenvalue weighted by atomic mass is 10.1. The van der Waals surface area contributed by atoms with Gasteiger partial charge in [-0.15, -0.1) is 0 Å². The van der Waals surface area contributed by atoms with Crippen LogP contribution in [0.2, 0.25) is 0 Å². The molecule has 1 fully saturated rings. The molecular formula is C13H19NS. The SMILES string of the molecule is CCc1ccc(CSCC2CNC2)cc1. The Kier molecular flexibility index (Phi) is 4.09. The van der Waals surface area contributed by atoms with E-state index >= 15 is 0 Å². The third kappa shape index (κ3) is 3.25. The average molecular weight is 221 g/mol. The highest BCUT2D eigenvalue weighted by Crippen LogP contribution is 2.18. The fourth-order valence-electron chi connectivity index (χ4n) is 1.68. The van der Waals surface area contributed by atoms with E-state index in [0.717, 1.165) is 12.3 Å². The second-order valence-corrected chi connectivity index (χ2v) is 5.24. The maximum Gasteiger partial charge on any atom is 0.0184 e. The van der Waals surface area contributed by atoms with E-state index in [9.17, 15) is 0 Å². The van der Waals surface area contributed by atoms with Crippen LogP contribution >= 0.6 is 11.8 Å². The molecule has 1 aromatic carbocycles. The van der Waals surface area contributed by atoms with Gasteiger partial charge in [0.05, 0.1) is 0 Å². The van der Waals surface area contributed by atoms with Crippen molar-refractivity contribution in [3.63, 3.8) is 0 Å². The molecule has 0 spiro atoms. The molecule has 1 aliphatic heterocycles. The van der Waals surface area contributed by atoms with Crippen molar-refractivity contribution in [2.75, 3.05) is 18.8 Å². The number of hydrogen-bond acceptors (Lipinski definition) is 2. The Morgan fingerprint density at radius 3 is 2.40 bits per heavy atom. The molecule has 0 bridgehead atoms. The van der Waals surface area contributed by atoms with Crippen LogP contribution in [0.15, 0.2) is 24.3 Å². The van der Waals surface area contributed by atoms with E-state index in [1.807, 2.05) is 0 Å². The molecular weight excluding hydrogens is 202 g/mol. The summed E-state index contributed by atoms with van der Waals surface area (Å²) >= 11 is 2.06. The van der Waals surface area contributed by atoms with E-state index < -0.39 is 0 Å². The van der Waals surface area contributed by atoms with E-state index in [1.165, 1.54) is 35.7 Å². The van der Waals surface area contributed by atoms with Gasteiger partial charge in [-0.1, -0.05) is 31.2 Å². The molecule has 1 nitrogen and oxygen atoms in total. The van der Waals surface area contributed by atoms with Crippen molar-refractivity contribution < 1.29 is 0 Å². The van der Waals surface area contributed by atoms with E-state index in [2.05, 4.69) is 48.3 Å². The van der Waals surface area contributed by atoms with Crippen LogP contribution in [0, 0.1) is 5.92 Å². The summed E-state index contributed by atoms with van der Waals surface area (Å²) in [5, 5.41) is 3.31. The second kappa shape index (κ2) is 5.57. The maximum absolute atomic E-state index is 3.31. The summed E-state index contributed by atoms with van der Waals surface area (Å²) in [6.07, 6.45) is 1.14. The topological polar surface area (TPSA) is 12.0 Å². The standard InChI is InChI=1S/C13H19NS/c1-2-11-3-5-12(6-4-11)9-15-10-13-7-14-8-13/h3-6,13-14H,2,7-10H2,1H3. The normalized spacial score (nSPS) is 16.3. The molecule has 0 aromatic heterocycles. The number of benzene rings is 1. The zero-order valence-corrected chi connectivity index (χ0v) is 10.1. The maximum atomic E-state index is 3.31. The first-order valence-electron chi connectivity index (χ1n) is 5.74. The van der Waals surface area contributed by atoms with Crippen LogP contribution in [0.3, 0.4) is 0 Å². The van der Waals surface area contributed by atoms with Gasteiger partial charge in [0.15, 0.2) is 0 Å². The fraction of sp³-hybridized carbons (Fsp3) is 0.538. The molecule has 2 heteroatoms. The van der Waals surface area contributed by atoms with Crippen molar-refractivity contribution >= 4 is 11.8 Å². The van der Waals surface area contributed by atoms with Gasteiger partial charge in [-0.3, -0.25) is 0 Å². The van der Waals surface area contributed by atoms with E-state index in [4.69, 9.17) is 0 Å². The molecule has 1 aliphatic rings. The van der Waals surface area contributed by atoms with E-state index in [0.29, 0.717) is 0 Å². The first-order chi connectivity index (χ1) is 7.38. The van der Waals surface area contributed by atoms with Crippen LogP contribution < -0.4 is 5.32 Å². The lowest BCUT2D eigenvalue weighted by Gasteiger charge is -2.26. The Morgan fingerprint density at radius 1 is 1.20 bits per heavy atom. The summed E-state index contributed by atoms with van der Waals surface area (Å²) in [5.74, 6) is 3.40. The third-order valence-electron chi connectivity index (χ3n) is 2.92. The highest BCUT2D eigenvalue weighted by atomic mass is 32.2. The van der Waals surface area contributed by atoms with E-state index in [-0.39, 0.29) is 0 Å². The molecule has 2 rings (SSSR count). The van der Waals surface area contributed by atoms with Crippen LogP contribution in [0.5, 0.6) is 0 Å². The summed E-state index contributed by atoms with van der Waals surface area (Å²) in [6, 6.07) is 9.04. The molecule has 1 aromatic rings. The van der Waals surface area contributed by atoms with Gasteiger partial charge in [-0.2, -0.15) is 11.8 Å². The smallest absolute Gasteiger partial charge is 0.0184 e. The lowest BCUT2D eigenvalue weighted by molar-refractivity contribution is 0.385. The van der Waals surface area contributed by atoms with Crippen LogP contribution in [-0.2, 0) is 12.2 Å². The van der Waals surface area contributed by atoms with Crippen molar-refractivity contribution in [2.45, 2.75) is 19.1 Å². The van der Waals surface area contributed by atoms with Crippen molar-refractivity contribution in [3.05, 3.63) is 35.4 Å². The van der Waals surface area contributed by atoms with Gasteiger partial charge in [0.1, 0.15) is 0 Å². The molecule has 0 atom stereocenters. The highest BCUT2D eigenvalue weighted by Gasteiger charge is 2.15. The van der Waals surface area contributed by atoms with Gasteiger partial charge in [-0.25, -0.2) is 0 Å². The van der Waals surface area contributed by atoms with Crippen molar-refractivity contribution in [1.29, 1.82) is 0 Å². The largest absolute Gasteiger partial charge is 0.316 e. The first-order valence-corrected chi connectivity index (χ1v) is 6.90. The molecule has 15 heavy (non-hydrogen) atoms. The predicted octanol–water partition coefficient (Wildman–Crippen LogP) is 2.70. The number of thioether (sulfide) groups is 1. The molecule has 1 heterocycles. The number of hydrogen-bond donors (Lipinski definition) is 1. The zero-order valence-electron chi connectivity index (χ0n) is 9.33. The molecule has 0 amide bonds. The summed E-state index contributed by atoms with van der Waals surface area (Å²) in [5.41, 5.74) is 2.90. The molecule has 0 saturated carbocycles. The molecule has 1 N–H and O–H groups in total. The molecule has 1 saturated heterocycles. The predicted molar refractivity (Wildman–Crippen MR) is 68.3 cm³/mol. The minimum absolute atomic E-state index is 0.921. The molecule has 0 unspecified atom stereocenters. The summed E-state index contributed by atoms with van der Waals surface area (Å²) < 4.78 is 0. The van der Waals surface area contributed by atoms with Crippen LogP contribution in [0.4, 0.5) is 0 Å². The quantitative estimate of drug-likeness (QED) is 0.820. The monoisotopic (exact) mass is 221 g/mol. The molecule has 0 aliphatic carbocycles. The van der Waals surface area contributed by atoms with Crippen molar-refractivity contribution in [1.82, 2.24) is 5.32 Å². The molecule has 82 valence electrons. The van der Waals surface area contributed by atoms with Gasteiger partial charge in [-0.05, 0) is 42.3 Å². The Balaban J connectivity index is 1.72. The lowest BCUT2D eigenvalue weighted by Crippen LogP contribution is -2.43. The zero-order chi connectivity index (χ0) is 10.5. The van der Waals surface area contributed by atoms with Gasteiger partial charge in [0.2, 0.25) is 0 Å². The van der Waals surface area contributed by atoms with Crippen LogP contribution in [0.1, 0.15) is 18.1 Å². The Hall–Kier alpha value is -0.470. The van der Waals surface area contributed by atoms with E-state index in [1.54, 1.807) is 0 Å². The van der Waals surface area contributed by atoms with Crippen molar-refractivity contribution in [3.8, 4) is 0 Å². The van der Waals surface area contributed by atoms with Gasteiger partial charge < -0.3 is 5.32 Å². The van der Waals surface area contributed by atoms with Crippen LogP contribution in [-0.4, -0.2) is 18.8 Å². The molecule has 0 radical (unpaired) electrons. The summed E-state index contributed by atoms with van der Waals surface area (Å²) in [6.45, 7) is 4.65. The minimum Gasteiger partial charge on any atom is -0.316 e. The third-order valence-corrected chi connectivity index (χ3v) is 4.16. The highest BCUT2D eigenvalue weighted by molar-refractivity contribution is 7.98. The summed E-state index contributed by atoms with van der Waals surface area (Å²) in [7, 11) is 0. The van der Waals surface area contributed by atoms with Gasteiger partial charge in [0, 0.05) is 5.75 Å². The first kappa shape index (κ1) is 11.0.